The highest BCUT2D eigenvalue weighted by Gasteiger charge is 2.32. The minimum absolute atomic E-state index is 0.278. The van der Waals surface area contributed by atoms with Gasteiger partial charge in [-0.05, 0) is 49.2 Å². The summed E-state index contributed by atoms with van der Waals surface area (Å²) in [6.45, 7) is 1.86. The third-order valence-electron chi connectivity index (χ3n) is 5.14. The maximum atomic E-state index is 14.6. The third-order valence-corrected chi connectivity index (χ3v) is 5.94. The fourth-order valence-corrected chi connectivity index (χ4v) is 4.52. The zero-order valence-electron chi connectivity index (χ0n) is 16.4. The summed E-state index contributed by atoms with van der Waals surface area (Å²) in [6.07, 6.45) is 4.06. The van der Waals surface area contributed by atoms with Crippen LogP contribution in [0.2, 0.25) is 0 Å². The van der Waals surface area contributed by atoms with E-state index in [1.54, 1.807) is 30.6 Å². The molecule has 2 heterocycles. The summed E-state index contributed by atoms with van der Waals surface area (Å²) >= 11 is 1.46. The molecule has 30 heavy (non-hydrogen) atoms. The largest absolute Gasteiger partial charge is 0.379 e. The van der Waals surface area contributed by atoms with Gasteiger partial charge in [0.15, 0.2) is 5.17 Å². The molecule has 1 aliphatic rings. The van der Waals surface area contributed by atoms with E-state index in [0.29, 0.717) is 28.4 Å². The number of amidine groups is 1. The Morgan fingerprint density at radius 3 is 2.80 bits per heavy atom. The van der Waals surface area contributed by atoms with Crippen molar-refractivity contribution in [1.29, 1.82) is 0 Å². The second-order valence-electron chi connectivity index (χ2n) is 7.26. The minimum atomic E-state index is -0.756. The van der Waals surface area contributed by atoms with E-state index in [9.17, 15) is 9.18 Å². The van der Waals surface area contributed by atoms with Crippen LogP contribution in [-0.4, -0.2) is 21.8 Å². The number of amides is 1. The minimum Gasteiger partial charge on any atom is -0.379 e. The molecule has 0 saturated carbocycles. The first-order chi connectivity index (χ1) is 14.5. The fraction of sp³-hybridized carbons (Fsp3) is 0.174. The monoisotopic (exact) mass is 420 g/mol. The summed E-state index contributed by atoms with van der Waals surface area (Å²) < 4.78 is 14.6. The lowest BCUT2D eigenvalue weighted by molar-refractivity contribution is 0.102. The van der Waals surface area contributed by atoms with E-state index in [2.05, 4.69) is 15.3 Å². The molecule has 7 heteroatoms. The van der Waals surface area contributed by atoms with Crippen molar-refractivity contribution in [2.24, 2.45) is 10.7 Å². The number of aliphatic imine (C=N–C) groups is 1. The normalized spacial score (nSPS) is 18.5. The Labute approximate surface area is 178 Å². The van der Waals surface area contributed by atoms with Crippen LogP contribution >= 0.6 is 11.8 Å². The maximum Gasteiger partial charge on any atom is 0.256 e. The molecule has 0 saturated heterocycles. The lowest BCUT2D eigenvalue weighted by Crippen LogP contribution is -2.29. The first-order valence-corrected chi connectivity index (χ1v) is 10.5. The van der Waals surface area contributed by atoms with Gasteiger partial charge in [0.05, 0.1) is 5.54 Å². The molecular formula is C23H21FN4OS. The number of thioether (sulfide) groups is 1. The van der Waals surface area contributed by atoms with Gasteiger partial charge in [0, 0.05) is 40.5 Å². The molecule has 0 fully saturated rings. The number of halogens is 1. The standard InChI is InChI=1S/C23H21FN4OS/c1-23(10-12-30-22(25)28-23)19-13-16(8-9-20(19)24)27-21(29)18-7-3-2-6-17(18)15-5-4-11-26-14-15/h2-9,11,13-14H,10,12H2,1H3,(H2,25,28)(H,27,29). The molecule has 152 valence electrons. The second kappa shape index (κ2) is 8.28. The first-order valence-electron chi connectivity index (χ1n) is 9.55. The summed E-state index contributed by atoms with van der Waals surface area (Å²) in [7, 11) is 0. The van der Waals surface area contributed by atoms with Crippen LogP contribution in [0.5, 0.6) is 0 Å². The smallest absolute Gasteiger partial charge is 0.256 e. The van der Waals surface area contributed by atoms with Gasteiger partial charge in [-0.2, -0.15) is 0 Å². The molecule has 1 atom stereocenters. The number of hydrogen-bond acceptors (Lipinski definition) is 5. The van der Waals surface area contributed by atoms with Gasteiger partial charge >= 0.3 is 0 Å². The quantitative estimate of drug-likeness (QED) is 0.635. The highest BCUT2D eigenvalue weighted by Crippen LogP contribution is 2.37. The topological polar surface area (TPSA) is 80.4 Å². The van der Waals surface area contributed by atoms with Gasteiger partial charge in [0.25, 0.3) is 5.91 Å². The Bertz CT molecular complexity index is 1120. The van der Waals surface area contributed by atoms with E-state index in [1.807, 2.05) is 37.3 Å². The van der Waals surface area contributed by atoms with Crippen LogP contribution in [0.25, 0.3) is 11.1 Å². The molecule has 0 spiro atoms. The van der Waals surface area contributed by atoms with E-state index >= 15 is 0 Å². The van der Waals surface area contributed by atoms with Crippen molar-refractivity contribution in [2.75, 3.05) is 11.1 Å². The van der Waals surface area contributed by atoms with Crippen LogP contribution in [-0.2, 0) is 5.54 Å². The van der Waals surface area contributed by atoms with Crippen molar-refractivity contribution in [3.8, 4) is 11.1 Å². The zero-order chi connectivity index (χ0) is 21.1. The van der Waals surface area contributed by atoms with Gasteiger partial charge in [-0.25, -0.2) is 4.39 Å². The fourth-order valence-electron chi connectivity index (χ4n) is 3.55. The third kappa shape index (κ3) is 4.07. The predicted octanol–water partition coefficient (Wildman–Crippen LogP) is 4.81. The van der Waals surface area contributed by atoms with E-state index in [4.69, 9.17) is 5.73 Å². The van der Waals surface area contributed by atoms with Crippen molar-refractivity contribution in [3.63, 3.8) is 0 Å². The summed E-state index contributed by atoms with van der Waals surface area (Å²) in [5.74, 6) is 0.120. The Kier molecular flexibility index (Phi) is 5.55. The zero-order valence-corrected chi connectivity index (χ0v) is 17.2. The molecule has 0 radical (unpaired) electrons. The van der Waals surface area contributed by atoms with Gasteiger partial charge in [0.2, 0.25) is 0 Å². The molecule has 0 bridgehead atoms. The molecule has 2 aromatic carbocycles. The van der Waals surface area contributed by atoms with Crippen molar-refractivity contribution < 1.29 is 9.18 Å². The number of pyridine rings is 1. The predicted molar refractivity (Wildman–Crippen MR) is 120 cm³/mol. The molecule has 1 amide bonds. The molecule has 3 N–H and O–H groups in total. The number of carbonyl (C=O) groups excluding carboxylic acids is 1. The number of nitrogens with zero attached hydrogens (tertiary/aromatic N) is 2. The summed E-state index contributed by atoms with van der Waals surface area (Å²) in [5.41, 5.74) is 8.19. The van der Waals surface area contributed by atoms with E-state index in [0.717, 1.165) is 16.9 Å². The van der Waals surface area contributed by atoms with Crippen molar-refractivity contribution in [1.82, 2.24) is 4.98 Å². The SMILES string of the molecule is CC1(c2cc(NC(=O)c3ccccc3-c3cccnc3)ccc2F)CCSC(N)=N1. The maximum absolute atomic E-state index is 14.6. The number of aromatic nitrogens is 1. The van der Waals surface area contributed by atoms with Crippen molar-refractivity contribution >= 4 is 28.5 Å². The average Bonchev–Trinajstić information content (AvgIpc) is 2.75. The molecule has 4 rings (SSSR count). The second-order valence-corrected chi connectivity index (χ2v) is 8.37. The summed E-state index contributed by atoms with van der Waals surface area (Å²) in [4.78, 5) is 21.6. The molecule has 3 aromatic rings. The number of nitrogens with two attached hydrogens (primary N) is 1. The number of hydrogen-bond donors (Lipinski definition) is 2. The highest BCUT2D eigenvalue weighted by molar-refractivity contribution is 8.13. The lowest BCUT2D eigenvalue weighted by atomic mass is 9.89. The molecule has 5 nitrogen and oxygen atoms in total. The van der Waals surface area contributed by atoms with Gasteiger partial charge in [0.1, 0.15) is 5.82 Å². The van der Waals surface area contributed by atoms with Gasteiger partial charge in [-0.3, -0.25) is 14.8 Å². The van der Waals surface area contributed by atoms with Crippen LogP contribution in [0.4, 0.5) is 10.1 Å². The number of benzene rings is 2. The van der Waals surface area contributed by atoms with Crippen LogP contribution < -0.4 is 11.1 Å². The number of rotatable bonds is 4. The highest BCUT2D eigenvalue weighted by atomic mass is 32.2. The van der Waals surface area contributed by atoms with Crippen molar-refractivity contribution in [2.45, 2.75) is 18.9 Å². The number of anilines is 1. The van der Waals surface area contributed by atoms with E-state index in [-0.39, 0.29) is 11.7 Å². The Morgan fingerprint density at radius 1 is 1.20 bits per heavy atom. The molecule has 1 unspecified atom stereocenters. The van der Waals surface area contributed by atoms with E-state index in [1.165, 1.54) is 17.8 Å². The Hall–Kier alpha value is -3.19. The van der Waals surface area contributed by atoms with Gasteiger partial charge < -0.3 is 11.1 Å². The van der Waals surface area contributed by atoms with Crippen LogP contribution in [0.15, 0.2) is 72.0 Å². The Balaban J connectivity index is 1.65. The number of carbonyl (C=O) groups is 1. The molecule has 1 aromatic heterocycles. The molecule has 0 aliphatic carbocycles. The molecular weight excluding hydrogens is 399 g/mol. The summed E-state index contributed by atoms with van der Waals surface area (Å²) in [6, 6.07) is 15.6. The lowest BCUT2D eigenvalue weighted by Gasteiger charge is -2.30. The van der Waals surface area contributed by atoms with Crippen molar-refractivity contribution in [3.05, 3.63) is 83.9 Å². The average molecular weight is 421 g/mol. The summed E-state index contributed by atoms with van der Waals surface area (Å²) in [5, 5.41) is 3.34. The van der Waals surface area contributed by atoms with Gasteiger partial charge in [-0.1, -0.05) is 36.0 Å². The van der Waals surface area contributed by atoms with Gasteiger partial charge in [-0.15, -0.1) is 0 Å². The van der Waals surface area contributed by atoms with Crippen LogP contribution in [0.3, 0.4) is 0 Å². The number of nitrogens with one attached hydrogen (secondary N) is 1. The molecule has 1 aliphatic heterocycles. The van der Waals surface area contributed by atoms with Crippen LogP contribution in [0.1, 0.15) is 29.3 Å². The van der Waals surface area contributed by atoms with Crippen LogP contribution in [0, 0.1) is 5.82 Å². The Morgan fingerprint density at radius 2 is 2.03 bits per heavy atom. The van der Waals surface area contributed by atoms with E-state index < -0.39 is 5.54 Å². The first kappa shape index (κ1) is 20.1.